The van der Waals surface area contributed by atoms with Gasteiger partial charge in [-0.3, -0.25) is 9.69 Å². The van der Waals surface area contributed by atoms with Gasteiger partial charge in [-0.1, -0.05) is 43.0 Å². The smallest absolute Gasteiger partial charge is 0.247 e. The second-order valence-corrected chi connectivity index (χ2v) is 8.71. The van der Waals surface area contributed by atoms with Crippen molar-refractivity contribution in [3.8, 4) is 17.1 Å². The van der Waals surface area contributed by atoms with E-state index >= 15 is 0 Å². The van der Waals surface area contributed by atoms with E-state index in [2.05, 4.69) is 21.8 Å². The van der Waals surface area contributed by atoms with E-state index in [4.69, 9.17) is 4.74 Å². The molecule has 1 atom stereocenters. The molecule has 0 radical (unpaired) electrons. The minimum absolute atomic E-state index is 0.0319. The van der Waals surface area contributed by atoms with E-state index in [0.29, 0.717) is 28.9 Å². The fourth-order valence-corrected chi connectivity index (χ4v) is 4.53. The highest BCUT2D eigenvalue weighted by Gasteiger charge is 2.35. The fourth-order valence-electron chi connectivity index (χ4n) is 3.12. The summed E-state index contributed by atoms with van der Waals surface area (Å²) in [7, 11) is 0. The lowest BCUT2D eigenvalue weighted by atomic mass is 10.1. The van der Waals surface area contributed by atoms with Gasteiger partial charge in [0.05, 0.1) is 10.6 Å². The van der Waals surface area contributed by atoms with Crippen LogP contribution in [0.2, 0.25) is 0 Å². The Kier molecular flexibility index (Phi) is 5.64. The number of amides is 1. The molecule has 1 unspecified atom stereocenters. The van der Waals surface area contributed by atoms with Gasteiger partial charge in [0.15, 0.2) is 5.69 Å². The molecule has 0 spiro atoms. The molecule has 4 rings (SSSR count). The van der Waals surface area contributed by atoms with E-state index < -0.39 is 6.23 Å². The zero-order chi connectivity index (χ0) is 20.4. The highest BCUT2D eigenvalue weighted by atomic mass is 32.2. The van der Waals surface area contributed by atoms with Crippen molar-refractivity contribution in [1.29, 1.82) is 0 Å². The Morgan fingerprint density at radius 1 is 1.31 bits per heavy atom. The zero-order valence-corrected chi connectivity index (χ0v) is 17.8. The standard InChI is InChI=1S/C21H20N4O2S2/c1-4-12-28-21-22-19-18(23-24-21)14-8-6-7-9-15(14)25(17(26)5-2)20(27-19)16-11-10-13(3)29-16/h4,6-11,20H,1,5,12H2,2-3H3. The first kappa shape index (κ1) is 19.6. The average molecular weight is 425 g/mol. The van der Waals surface area contributed by atoms with Crippen molar-refractivity contribution < 1.29 is 9.53 Å². The maximum absolute atomic E-state index is 13.0. The number of carbonyl (C=O) groups is 1. The molecule has 0 aliphatic carbocycles. The van der Waals surface area contributed by atoms with E-state index in [0.717, 1.165) is 21.0 Å². The molecule has 3 heterocycles. The number of anilines is 1. The molecule has 3 aromatic rings. The van der Waals surface area contributed by atoms with Crippen LogP contribution in [-0.4, -0.2) is 26.8 Å². The number of thiophene rings is 1. The zero-order valence-electron chi connectivity index (χ0n) is 16.2. The number of rotatable bonds is 5. The van der Waals surface area contributed by atoms with Crippen molar-refractivity contribution in [2.75, 3.05) is 10.7 Å². The molecule has 0 fully saturated rings. The van der Waals surface area contributed by atoms with Gasteiger partial charge < -0.3 is 4.74 Å². The van der Waals surface area contributed by atoms with E-state index in [1.165, 1.54) is 11.8 Å². The van der Waals surface area contributed by atoms with E-state index in [-0.39, 0.29) is 5.91 Å². The normalized spacial score (nSPS) is 15.1. The molecule has 0 saturated carbocycles. The Morgan fingerprint density at radius 3 is 2.86 bits per heavy atom. The van der Waals surface area contributed by atoms with Gasteiger partial charge in [0.2, 0.25) is 23.2 Å². The predicted molar refractivity (Wildman–Crippen MR) is 116 cm³/mol. The number of aromatic nitrogens is 3. The Bertz CT molecular complexity index is 1070. The van der Waals surface area contributed by atoms with Crippen LogP contribution < -0.4 is 9.64 Å². The van der Waals surface area contributed by atoms with Crippen LogP contribution in [0.4, 0.5) is 5.69 Å². The molecule has 2 aromatic heterocycles. The number of carbonyl (C=O) groups excluding carboxylic acids is 1. The van der Waals surface area contributed by atoms with Crippen molar-refractivity contribution in [3.63, 3.8) is 0 Å². The lowest BCUT2D eigenvalue weighted by molar-refractivity contribution is -0.120. The number of aryl methyl sites for hydroxylation is 1. The van der Waals surface area contributed by atoms with Gasteiger partial charge in [-0.05, 0) is 25.1 Å². The number of ether oxygens (including phenoxy) is 1. The number of fused-ring (bicyclic) bond motifs is 3. The van der Waals surface area contributed by atoms with Crippen LogP contribution in [0.1, 0.15) is 29.3 Å². The summed E-state index contributed by atoms with van der Waals surface area (Å²) in [4.78, 5) is 21.4. The summed E-state index contributed by atoms with van der Waals surface area (Å²) < 4.78 is 6.36. The number of hydrogen-bond acceptors (Lipinski definition) is 7. The molecule has 1 amide bonds. The maximum Gasteiger partial charge on any atom is 0.247 e. The number of benzene rings is 1. The fraction of sp³-hybridized carbons (Fsp3) is 0.238. The number of para-hydroxylation sites is 1. The summed E-state index contributed by atoms with van der Waals surface area (Å²) in [6.07, 6.45) is 1.53. The monoisotopic (exact) mass is 424 g/mol. The third-order valence-corrected chi connectivity index (χ3v) is 6.28. The van der Waals surface area contributed by atoms with E-state index in [1.54, 1.807) is 22.3 Å². The lowest BCUT2D eigenvalue weighted by Crippen LogP contribution is -2.36. The van der Waals surface area contributed by atoms with Crippen molar-refractivity contribution in [3.05, 3.63) is 58.8 Å². The minimum atomic E-state index is -0.613. The van der Waals surface area contributed by atoms with Crippen LogP contribution in [0.5, 0.6) is 5.88 Å². The Balaban J connectivity index is 1.91. The Labute approximate surface area is 177 Å². The largest absolute Gasteiger partial charge is 0.446 e. The molecule has 6 nitrogen and oxygen atoms in total. The molecule has 0 saturated heterocycles. The van der Waals surface area contributed by atoms with Gasteiger partial charge in [0, 0.05) is 22.6 Å². The first-order valence-electron chi connectivity index (χ1n) is 9.25. The quantitative estimate of drug-likeness (QED) is 0.423. The molecule has 0 bridgehead atoms. The molecule has 1 aliphatic heterocycles. The molecular weight excluding hydrogens is 404 g/mol. The van der Waals surface area contributed by atoms with Crippen LogP contribution >= 0.6 is 23.1 Å². The summed E-state index contributed by atoms with van der Waals surface area (Å²) in [6, 6.07) is 11.7. The Hall–Kier alpha value is -2.71. The molecule has 1 aromatic carbocycles. The van der Waals surface area contributed by atoms with Crippen LogP contribution in [-0.2, 0) is 4.79 Å². The van der Waals surface area contributed by atoms with Gasteiger partial charge >= 0.3 is 0 Å². The highest BCUT2D eigenvalue weighted by molar-refractivity contribution is 7.99. The minimum Gasteiger partial charge on any atom is -0.446 e. The highest BCUT2D eigenvalue weighted by Crippen LogP contribution is 2.44. The van der Waals surface area contributed by atoms with E-state index in [1.807, 2.05) is 50.2 Å². The van der Waals surface area contributed by atoms with Crippen LogP contribution in [0.3, 0.4) is 0 Å². The number of nitrogens with zero attached hydrogens (tertiary/aromatic N) is 4. The van der Waals surface area contributed by atoms with Crippen molar-refractivity contribution in [2.45, 2.75) is 31.7 Å². The average Bonchev–Trinajstić information content (AvgIpc) is 3.12. The van der Waals surface area contributed by atoms with Crippen molar-refractivity contribution >= 4 is 34.7 Å². The third-order valence-electron chi connectivity index (χ3n) is 4.42. The first-order chi connectivity index (χ1) is 14.1. The summed E-state index contributed by atoms with van der Waals surface area (Å²) >= 11 is 3.03. The summed E-state index contributed by atoms with van der Waals surface area (Å²) in [5.41, 5.74) is 2.06. The van der Waals surface area contributed by atoms with Crippen LogP contribution in [0.15, 0.2) is 54.2 Å². The SMILES string of the molecule is C=CCSc1nnc2c(n1)OC(c1ccc(C)s1)N(C(=O)CC)c1ccccc1-2. The maximum atomic E-state index is 13.0. The molecule has 1 aliphatic rings. The predicted octanol–water partition coefficient (Wildman–Crippen LogP) is 5.02. The number of hydrogen-bond donors (Lipinski definition) is 0. The number of thioether (sulfide) groups is 1. The van der Waals surface area contributed by atoms with Gasteiger partial charge in [-0.15, -0.1) is 28.1 Å². The topological polar surface area (TPSA) is 68.2 Å². The molecular formula is C21H20N4O2S2. The van der Waals surface area contributed by atoms with Gasteiger partial charge in [-0.2, -0.15) is 4.98 Å². The second-order valence-electron chi connectivity index (χ2n) is 6.40. The summed E-state index contributed by atoms with van der Waals surface area (Å²) in [5.74, 6) is 1.02. The van der Waals surface area contributed by atoms with E-state index in [9.17, 15) is 4.79 Å². The van der Waals surface area contributed by atoms with Gasteiger partial charge in [0.25, 0.3) is 0 Å². The van der Waals surface area contributed by atoms with Crippen molar-refractivity contribution in [2.24, 2.45) is 0 Å². The van der Waals surface area contributed by atoms with Crippen LogP contribution in [0, 0.1) is 6.92 Å². The lowest BCUT2D eigenvalue weighted by Gasteiger charge is -2.29. The third kappa shape index (κ3) is 3.77. The molecule has 8 heteroatoms. The molecule has 148 valence electrons. The second kappa shape index (κ2) is 8.34. The molecule has 29 heavy (non-hydrogen) atoms. The van der Waals surface area contributed by atoms with Gasteiger partial charge in [0.1, 0.15) is 0 Å². The first-order valence-corrected chi connectivity index (χ1v) is 11.1. The van der Waals surface area contributed by atoms with Crippen molar-refractivity contribution in [1.82, 2.24) is 15.2 Å². The summed E-state index contributed by atoms with van der Waals surface area (Å²) in [6.45, 7) is 7.61. The molecule has 0 N–H and O–H groups in total. The summed E-state index contributed by atoms with van der Waals surface area (Å²) in [5, 5.41) is 9.15. The van der Waals surface area contributed by atoms with Crippen LogP contribution in [0.25, 0.3) is 11.3 Å². The Morgan fingerprint density at radius 2 is 2.14 bits per heavy atom. The van der Waals surface area contributed by atoms with Gasteiger partial charge in [-0.25, -0.2) is 0 Å².